The highest BCUT2D eigenvalue weighted by Gasteiger charge is 2.36. The maximum Gasteiger partial charge on any atom is 0.326 e. The van der Waals surface area contributed by atoms with E-state index in [1.807, 2.05) is 0 Å². The zero-order valence-electron chi connectivity index (χ0n) is 38.8. The first kappa shape index (κ1) is 56.0. The van der Waals surface area contributed by atoms with Gasteiger partial charge in [0.05, 0.1) is 17.9 Å². The fourth-order valence-corrected chi connectivity index (χ4v) is 9.11. The van der Waals surface area contributed by atoms with E-state index < -0.39 is 133 Å². The smallest absolute Gasteiger partial charge is 0.326 e. The number of rotatable bonds is 19. The van der Waals surface area contributed by atoms with E-state index in [2.05, 4.69) is 47.5 Å². The number of aliphatic imine (C=N–C) groups is 1. The molecule has 0 radical (unpaired) electrons. The summed E-state index contributed by atoms with van der Waals surface area (Å²) in [4.78, 5) is 137. The van der Waals surface area contributed by atoms with Crippen molar-refractivity contribution in [2.45, 2.75) is 121 Å². The van der Waals surface area contributed by atoms with Crippen LogP contribution in [0.25, 0.3) is 0 Å². The number of nitrogens with two attached hydrogens (primary N) is 1. The number of phenols is 1. The van der Waals surface area contributed by atoms with Crippen LogP contribution in [0.3, 0.4) is 0 Å². The third kappa shape index (κ3) is 16.5. The second-order valence-electron chi connectivity index (χ2n) is 17.1. The molecular formula is C44H60N10O14S2. The predicted octanol–water partition coefficient (Wildman–Crippen LogP) is -2.63. The van der Waals surface area contributed by atoms with E-state index >= 15 is 0 Å². The molecule has 2 aliphatic rings. The molecule has 4 rings (SSSR count). The number of hydrogen-bond donors (Lipinski definition) is 13. The molecule has 2 aliphatic heterocycles. The first-order valence-electron chi connectivity index (χ1n) is 22.3. The van der Waals surface area contributed by atoms with Crippen molar-refractivity contribution in [2.24, 2.45) is 16.6 Å². The van der Waals surface area contributed by atoms with Gasteiger partial charge in [-0.3, -0.25) is 48.1 Å². The minimum absolute atomic E-state index is 0.107. The van der Waals surface area contributed by atoms with Crippen LogP contribution in [-0.4, -0.2) is 158 Å². The topological polar surface area (TPSA) is 386 Å². The molecule has 0 fully saturated rings. The molecule has 1 aromatic carbocycles. The maximum absolute atomic E-state index is 14.3. The number of aliphatic carboxylic acids is 2. The van der Waals surface area contributed by atoms with Gasteiger partial charge >= 0.3 is 11.9 Å². The van der Waals surface area contributed by atoms with Gasteiger partial charge in [-0.05, 0) is 80.3 Å². The Morgan fingerprint density at radius 3 is 2.03 bits per heavy atom. The van der Waals surface area contributed by atoms with Gasteiger partial charge in [0.15, 0.2) is 0 Å². The number of unbranched alkanes of at least 4 members (excludes halogenated alkanes) is 1. The van der Waals surface area contributed by atoms with Crippen LogP contribution in [0.4, 0.5) is 0 Å². The minimum Gasteiger partial charge on any atom is -0.508 e. The lowest BCUT2D eigenvalue weighted by molar-refractivity contribution is -0.143. The van der Waals surface area contributed by atoms with E-state index in [0.29, 0.717) is 40.4 Å². The molecule has 14 N–H and O–H groups in total. The quantitative estimate of drug-likeness (QED) is 0.0640. The Hall–Kier alpha value is -6.64. The molecule has 3 heterocycles. The van der Waals surface area contributed by atoms with Crippen LogP contribution in [0.1, 0.15) is 69.4 Å². The summed E-state index contributed by atoms with van der Waals surface area (Å²) in [6, 6.07) is -5.29. The van der Waals surface area contributed by atoms with Gasteiger partial charge in [0.2, 0.25) is 47.3 Å². The number of aliphatic hydroxyl groups is 1. The average molecular weight is 1020 g/mol. The van der Waals surface area contributed by atoms with Gasteiger partial charge in [0.25, 0.3) is 0 Å². The zero-order chi connectivity index (χ0) is 51.8. The molecule has 0 aliphatic carbocycles. The van der Waals surface area contributed by atoms with E-state index in [-0.39, 0.29) is 30.8 Å². The van der Waals surface area contributed by atoms with Gasteiger partial charge in [-0.2, -0.15) is 0 Å². The monoisotopic (exact) mass is 1020 g/mol. The number of nitrogens with one attached hydrogen (secondary N) is 8. The van der Waals surface area contributed by atoms with Crippen LogP contribution >= 0.6 is 23.1 Å². The number of carbonyl (C=O) groups is 10. The Kier molecular flexibility index (Phi) is 21.1. The summed E-state index contributed by atoms with van der Waals surface area (Å²) in [6.07, 6.45) is -0.237. The Labute approximate surface area is 410 Å². The number of phenolic OH excluding ortho intramolecular Hbond substituents is 1. The fraction of sp³-hybridized carbons (Fsp3) is 0.523. The van der Waals surface area contributed by atoms with Gasteiger partial charge in [0, 0.05) is 18.6 Å². The number of nitrogens with zero attached hydrogens (tertiary/aromatic N) is 1. The number of carboxylic acid groups (broad SMARTS) is 2. The normalized spacial score (nSPS) is 21.6. The molecule has 0 saturated carbocycles. The van der Waals surface area contributed by atoms with Crippen molar-refractivity contribution < 1.29 is 68.4 Å². The van der Waals surface area contributed by atoms with Crippen LogP contribution in [-0.2, 0) is 60.8 Å². The summed E-state index contributed by atoms with van der Waals surface area (Å²) in [5, 5.41) is 61.0. The summed E-state index contributed by atoms with van der Waals surface area (Å²) in [5.74, 6) is -10.4. The van der Waals surface area contributed by atoms with Crippen LogP contribution in [0.15, 0.2) is 40.7 Å². The van der Waals surface area contributed by atoms with Crippen molar-refractivity contribution in [1.29, 1.82) is 0 Å². The largest absolute Gasteiger partial charge is 0.508 e. The van der Waals surface area contributed by atoms with E-state index in [1.54, 1.807) is 25.3 Å². The molecule has 70 heavy (non-hydrogen) atoms. The molecule has 4 bridgehead atoms. The van der Waals surface area contributed by atoms with Crippen molar-refractivity contribution in [3.05, 3.63) is 51.7 Å². The number of fused-ring (bicyclic) bond motifs is 4. The molecule has 8 amide bonds. The lowest BCUT2D eigenvalue weighted by Crippen LogP contribution is -2.61. The summed E-state index contributed by atoms with van der Waals surface area (Å²) >= 11 is 2.41. The van der Waals surface area contributed by atoms with Crippen molar-refractivity contribution in [3.8, 4) is 5.75 Å². The molecule has 1 aromatic heterocycles. The van der Waals surface area contributed by atoms with Gasteiger partial charge in [0.1, 0.15) is 65.2 Å². The number of hydrogen-bond acceptors (Lipinski definition) is 16. The molecule has 9 atom stereocenters. The highest BCUT2D eigenvalue weighted by atomic mass is 32.2. The fourth-order valence-electron chi connectivity index (χ4n) is 7.03. The molecular weight excluding hydrogens is 957 g/mol. The van der Waals surface area contributed by atoms with E-state index in [0.717, 1.165) is 0 Å². The van der Waals surface area contributed by atoms with Crippen LogP contribution in [0.2, 0.25) is 0 Å². The number of aliphatic hydroxyl groups excluding tert-OH is 1. The Morgan fingerprint density at radius 1 is 0.786 bits per heavy atom. The highest BCUT2D eigenvalue weighted by molar-refractivity contribution is 8.15. The number of thiophene rings is 1. The van der Waals surface area contributed by atoms with E-state index in [1.165, 1.54) is 61.2 Å². The van der Waals surface area contributed by atoms with E-state index in [4.69, 9.17) is 5.73 Å². The molecule has 1 unspecified atom stereocenters. The van der Waals surface area contributed by atoms with Crippen molar-refractivity contribution in [2.75, 3.05) is 18.9 Å². The second kappa shape index (κ2) is 26.4. The number of thioether (sulfide) groups is 1. The van der Waals surface area contributed by atoms with Gasteiger partial charge < -0.3 is 68.7 Å². The number of carbonyl (C=O) groups excluding carboxylic acids is 8. The molecule has 0 spiro atoms. The molecule has 26 heteroatoms. The zero-order valence-corrected chi connectivity index (χ0v) is 40.4. The first-order valence-corrected chi connectivity index (χ1v) is 24.2. The minimum atomic E-state index is -1.77. The summed E-state index contributed by atoms with van der Waals surface area (Å²) in [6.45, 7) is 5.22. The van der Waals surface area contributed by atoms with Crippen LogP contribution in [0, 0.1) is 5.92 Å². The summed E-state index contributed by atoms with van der Waals surface area (Å²) < 4.78 is 0. The third-order valence-electron chi connectivity index (χ3n) is 11.0. The number of carboxylic acids is 2. The molecule has 0 saturated heterocycles. The highest BCUT2D eigenvalue weighted by Crippen LogP contribution is 2.28. The Bertz CT molecular complexity index is 2290. The van der Waals surface area contributed by atoms with Gasteiger partial charge in [-0.1, -0.05) is 26.0 Å². The maximum atomic E-state index is 14.3. The third-order valence-corrected chi connectivity index (χ3v) is 13.2. The second-order valence-corrected chi connectivity index (χ2v) is 19.0. The molecule has 24 nitrogen and oxygen atoms in total. The Balaban J connectivity index is 1.59. The average Bonchev–Trinajstić information content (AvgIpc) is 3.99. The van der Waals surface area contributed by atoms with Crippen molar-refractivity contribution in [3.63, 3.8) is 0 Å². The van der Waals surface area contributed by atoms with Crippen LogP contribution < -0.4 is 48.3 Å². The molecule has 2 aromatic rings. The predicted molar refractivity (Wildman–Crippen MR) is 254 cm³/mol. The lowest BCUT2D eigenvalue weighted by Gasteiger charge is -2.27. The summed E-state index contributed by atoms with van der Waals surface area (Å²) in [5.41, 5.74) is 6.42. The number of aromatic hydroxyl groups is 1. The SMILES string of the molecule is CC(C)[C@H](NC(=O)[C@H](C)NC(=O)[C@H](C)NC(=O)C1Cc2csc(c2)C2=N[C@@H](CS2)C(=O)N[C@@H](CC(=O)O)C(=O)N[C@@H](CO)C(=O)N[C@@H](Cc2ccc(O)cc2)C(=O)N1)C(=O)N[C@@H](CCCCN)C(=O)O. The van der Waals surface area contributed by atoms with E-state index in [9.17, 15) is 68.4 Å². The lowest BCUT2D eigenvalue weighted by atomic mass is 10.0. The molecule has 382 valence electrons. The Morgan fingerprint density at radius 2 is 1.40 bits per heavy atom. The van der Waals surface area contributed by atoms with Gasteiger partial charge in [-0.15, -0.1) is 23.1 Å². The van der Waals surface area contributed by atoms with Crippen molar-refractivity contribution in [1.82, 2.24) is 42.5 Å². The standard InChI is InChI=1S/C44H60N10O14S2/c1-20(2)34(42(66)48-26(44(67)68)7-5-6-12-45)54-36(60)22(4)46-35(59)21(3)47-37(61)28-14-24-15-32(69-18-24)43-53-31(19-70-43)41(65)51-29(16-33(57)58)39(63)52-30(17-55)40(64)50-27(38(62)49-28)13-23-8-10-25(56)11-9-23/h8-11,15,18,20-22,26-31,34,55-56H,5-7,12-14,16-17,19,45H2,1-4H3,(H,46,59)(H,47,61)(H,48,66)(H,49,62)(H,50,64)(H,51,65)(H,52,63)(H,54,60)(H,57,58)(H,67,68)/t21-,22-,26-,27-,28?,29-,30-,31-,34-/m0/s1. The van der Waals surface area contributed by atoms with Crippen LogP contribution in [0.5, 0.6) is 5.75 Å². The van der Waals surface area contributed by atoms with Gasteiger partial charge in [-0.25, -0.2) is 4.79 Å². The first-order chi connectivity index (χ1) is 33.1. The summed E-state index contributed by atoms with van der Waals surface area (Å²) in [7, 11) is 0. The number of benzene rings is 1. The number of amides is 8. The van der Waals surface area contributed by atoms with Crippen molar-refractivity contribution >= 4 is 87.3 Å².